The molecule has 0 saturated heterocycles. The Morgan fingerprint density at radius 1 is 1.09 bits per heavy atom. The van der Waals surface area contributed by atoms with Gasteiger partial charge in [0, 0.05) is 30.0 Å². The molecule has 32 heavy (non-hydrogen) atoms. The summed E-state index contributed by atoms with van der Waals surface area (Å²) in [6, 6.07) is 18.0. The zero-order chi connectivity index (χ0) is 22.9. The van der Waals surface area contributed by atoms with Gasteiger partial charge in [-0.1, -0.05) is 23.7 Å². The number of carbonyl (C=O) groups is 2. The minimum Gasteiger partial charge on any atom is -0.497 e. The van der Waals surface area contributed by atoms with Crippen molar-refractivity contribution < 1.29 is 19.4 Å². The average Bonchev–Trinajstić information content (AvgIpc) is 2.79. The largest absolute Gasteiger partial charge is 0.497 e. The van der Waals surface area contributed by atoms with Crippen LogP contribution in [0.25, 0.3) is 0 Å². The third-order valence-electron chi connectivity index (χ3n) is 4.83. The number of halogens is 1. The van der Waals surface area contributed by atoms with Crippen LogP contribution in [0.15, 0.2) is 66.9 Å². The lowest BCUT2D eigenvalue weighted by atomic mass is 10.1. The van der Waals surface area contributed by atoms with Gasteiger partial charge in [-0.2, -0.15) is 0 Å². The Kier molecular flexibility index (Phi) is 8.05. The van der Waals surface area contributed by atoms with Crippen LogP contribution in [0.3, 0.4) is 0 Å². The predicted octanol–water partition coefficient (Wildman–Crippen LogP) is 4.65. The van der Waals surface area contributed by atoms with Crippen molar-refractivity contribution in [2.24, 2.45) is 0 Å². The van der Waals surface area contributed by atoms with E-state index in [9.17, 15) is 9.59 Å². The standard InChI is InChI=1S/C24H24ClN3O4/c1-32-20-9-7-19(8-10-20)27-23-21(6-3-13-26-23)24(31)28(15-12-22(29)30)14-11-17-4-2-5-18(25)16-17/h2-10,13,16H,11-12,14-15H2,1H3,(H,26,27)(H,29,30). The van der Waals surface area contributed by atoms with E-state index in [1.807, 2.05) is 30.3 Å². The molecule has 0 aliphatic rings. The minimum absolute atomic E-state index is 0.0889. The van der Waals surface area contributed by atoms with Crippen LogP contribution in [0.2, 0.25) is 5.02 Å². The van der Waals surface area contributed by atoms with Crippen LogP contribution in [0.1, 0.15) is 22.3 Å². The summed E-state index contributed by atoms with van der Waals surface area (Å²) in [6.07, 6.45) is 1.99. The first kappa shape index (κ1) is 23.1. The van der Waals surface area contributed by atoms with Gasteiger partial charge in [-0.25, -0.2) is 4.98 Å². The van der Waals surface area contributed by atoms with E-state index in [0.717, 1.165) is 11.3 Å². The summed E-state index contributed by atoms with van der Waals surface area (Å²) in [4.78, 5) is 30.4. The van der Waals surface area contributed by atoms with E-state index >= 15 is 0 Å². The third kappa shape index (κ3) is 6.46. The molecule has 0 saturated carbocycles. The van der Waals surface area contributed by atoms with Crippen molar-refractivity contribution >= 4 is 35.0 Å². The summed E-state index contributed by atoms with van der Waals surface area (Å²) >= 11 is 6.06. The third-order valence-corrected chi connectivity index (χ3v) is 5.07. The molecule has 2 aromatic carbocycles. The molecule has 3 aromatic rings. The highest BCUT2D eigenvalue weighted by atomic mass is 35.5. The van der Waals surface area contributed by atoms with E-state index in [-0.39, 0.29) is 18.9 Å². The van der Waals surface area contributed by atoms with Crippen molar-refractivity contribution in [1.82, 2.24) is 9.88 Å². The molecule has 1 amide bonds. The molecule has 0 aliphatic heterocycles. The first-order chi connectivity index (χ1) is 15.5. The number of aliphatic carboxylic acids is 1. The predicted molar refractivity (Wildman–Crippen MR) is 124 cm³/mol. The first-order valence-electron chi connectivity index (χ1n) is 10.1. The lowest BCUT2D eigenvalue weighted by Gasteiger charge is -2.23. The van der Waals surface area contributed by atoms with Gasteiger partial charge < -0.3 is 20.1 Å². The molecule has 0 bridgehead atoms. The molecule has 1 heterocycles. The number of methoxy groups -OCH3 is 1. The molecule has 2 N–H and O–H groups in total. The van der Waals surface area contributed by atoms with Crippen LogP contribution in [-0.4, -0.2) is 47.1 Å². The van der Waals surface area contributed by atoms with E-state index in [0.29, 0.717) is 35.1 Å². The van der Waals surface area contributed by atoms with E-state index in [1.165, 1.54) is 4.90 Å². The molecule has 0 atom stereocenters. The Morgan fingerprint density at radius 3 is 2.56 bits per heavy atom. The maximum absolute atomic E-state index is 13.4. The molecular formula is C24H24ClN3O4. The van der Waals surface area contributed by atoms with Crippen LogP contribution in [-0.2, 0) is 11.2 Å². The smallest absolute Gasteiger partial charge is 0.305 e. The van der Waals surface area contributed by atoms with Gasteiger partial charge in [0.2, 0.25) is 0 Å². The second kappa shape index (κ2) is 11.2. The number of carboxylic acid groups (broad SMARTS) is 1. The molecule has 0 fully saturated rings. The van der Waals surface area contributed by atoms with Crippen LogP contribution in [0.5, 0.6) is 5.75 Å². The number of pyridine rings is 1. The molecule has 0 aliphatic carbocycles. The second-order valence-electron chi connectivity index (χ2n) is 7.07. The van der Waals surface area contributed by atoms with Crippen molar-refractivity contribution in [1.29, 1.82) is 0 Å². The topological polar surface area (TPSA) is 91.8 Å². The molecule has 3 rings (SSSR count). The van der Waals surface area contributed by atoms with E-state index in [1.54, 1.807) is 43.6 Å². The van der Waals surface area contributed by atoms with Crippen molar-refractivity contribution in [2.75, 3.05) is 25.5 Å². The number of anilines is 2. The number of carboxylic acids is 1. The normalized spacial score (nSPS) is 10.4. The molecule has 8 heteroatoms. The van der Waals surface area contributed by atoms with E-state index < -0.39 is 5.97 Å². The van der Waals surface area contributed by atoms with E-state index in [4.69, 9.17) is 21.4 Å². The Hall–Kier alpha value is -3.58. The summed E-state index contributed by atoms with van der Waals surface area (Å²) in [6.45, 7) is 0.439. The maximum Gasteiger partial charge on any atom is 0.305 e. The van der Waals surface area contributed by atoms with Gasteiger partial charge >= 0.3 is 5.97 Å². The van der Waals surface area contributed by atoms with Crippen LogP contribution >= 0.6 is 11.6 Å². The summed E-state index contributed by atoms with van der Waals surface area (Å²) in [7, 11) is 1.59. The number of ether oxygens (including phenoxy) is 1. The molecule has 0 unspecified atom stereocenters. The average molecular weight is 454 g/mol. The summed E-state index contributed by atoms with van der Waals surface area (Å²) in [5, 5.41) is 12.9. The molecule has 7 nitrogen and oxygen atoms in total. The van der Waals surface area contributed by atoms with Gasteiger partial charge in [0.25, 0.3) is 5.91 Å². The number of nitrogens with one attached hydrogen (secondary N) is 1. The number of aromatic nitrogens is 1. The molecule has 1 aromatic heterocycles. The Balaban J connectivity index is 1.80. The molecular weight excluding hydrogens is 430 g/mol. The van der Waals surface area contributed by atoms with Crippen LogP contribution in [0.4, 0.5) is 11.5 Å². The highest BCUT2D eigenvalue weighted by molar-refractivity contribution is 6.30. The summed E-state index contributed by atoms with van der Waals surface area (Å²) in [5.41, 5.74) is 2.07. The van der Waals surface area contributed by atoms with Crippen molar-refractivity contribution in [3.05, 3.63) is 83.0 Å². The second-order valence-corrected chi connectivity index (χ2v) is 7.51. The lowest BCUT2D eigenvalue weighted by molar-refractivity contribution is -0.137. The quantitative estimate of drug-likeness (QED) is 0.464. The zero-order valence-corrected chi connectivity index (χ0v) is 18.4. The van der Waals surface area contributed by atoms with Crippen molar-refractivity contribution in [2.45, 2.75) is 12.8 Å². The fourth-order valence-electron chi connectivity index (χ4n) is 3.16. The lowest BCUT2D eigenvalue weighted by Crippen LogP contribution is -2.35. The SMILES string of the molecule is COc1ccc(Nc2ncccc2C(=O)N(CCC(=O)O)CCc2cccc(Cl)c2)cc1. The van der Waals surface area contributed by atoms with Gasteiger partial charge in [-0.3, -0.25) is 9.59 Å². The van der Waals surface area contributed by atoms with Gasteiger partial charge in [0.1, 0.15) is 11.6 Å². The number of benzene rings is 2. The number of carbonyl (C=O) groups excluding carboxylic acids is 1. The molecule has 0 radical (unpaired) electrons. The van der Waals surface area contributed by atoms with Crippen molar-refractivity contribution in [3.63, 3.8) is 0 Å². The monoisotopic (exact) mass is 453 g/mol. The van der Waals surface area contributed by atoms with Crippen LogP contribution < -0.4 is 10.1 Å². The van der Waals surface area contributed by atoms with Gasteiger partial charge in [-0.15, -0.1) is 0 Å². The fourth-order valence-corrected chi connectivity index (χ4v) is 3.37. The Morgan fingerprint density at radius 2 is 1.88 bits per heavy atom. The summed E-state index contributed by atoms with van der Waals surface area (Å²) in [5.74, 6) is -0.148. The Bertz CT molecular complexity index is 1070. The minimum atomic E-state index is -0.965. The summed E-state index contributed by atoms with van der Waals surface area (Å²) < 4.78 is 5.17. The van der Waals surface area contributed by atoms with E-state index in [2.05, 4.69) is 10.3 Å². The number of nitrogens with zero attached hydrogens (tertiary/aromatic N) is 2. The number of amides is 1. The van der Waals surface area contributed by atoms with Gasteiger partial charge in [0.15, 0.2) is 0 Å². The number of rotatable bonds is 10. The fraction of sp³-hybridized carbons (Fsp3) is 0.208. The van der Waals surface area contributed by atoms with Crippen LogP contribution in [0, 0.1) is 0 Å². The molecule has 0 spiro atoms. The Labute approximate surface area is 191 Å². The zero-order valence-electron chi connectivity index (χ0n) is 17.6. The highest BCUT2D eigenvalue weighted by Crippen LogP contribution is 2.22. The van der Waals surface area contributed by atoms with Gasteiger partial charge in [0.05, 0.1) is 19.1 Å². The highest BCUT2D eigenvalue weighted by Gasteiger charge is 2.20. The first-order valence-corrected chi connectivity index (χ1v) is 10.5. The maximum atomic E-state index is 13.4. The molecule has 166 valence electrons. The number of hydrogen-bond donors (Lipinski definition) is 2. The van der Waals surface area contributed by atoms with Gasteiger partial charge in [-0.05, 0) is 60.5 Å². The number of hydrogen-bond acceptors (Lipinski definition) is 5. The van der Waals surface area contributed by atoms with Crippen molar-refractivity contribution in [3.8, 4) is 5.75 Å².